The van der Waals surface area contributed by atoms with Crippen LogP contribution in [-0.2, 0) is 11.3 Å². The zero-order valence-electron chi connectivity index (χ0n) is 18.9. The molecule has 1 fully saturated rings. The summed E-state index contributed by atoms with van der Waals surface area (Å²) in [5, 5.41) is 7.15. The number of hydrogen-bond acceptors (Lipinski definition) is 7. The molecule has 0 spiro atoms. The third kappa shape index (κ3) is 5.41. The number of benzene rings is 1. The standard InChI is InChI=1S/C23H30N6O3/c1-16-13-17(2)29-23(25-16)26-21(27-29)22(30)24-15-18-5-4-6-20(14-18)32-12-9-28(3)19-7-10-31-11-8-19/h4-6,13-14,19H,7-12,15H2,1-3H3,(H,24,30). The number of nitrogens with one attached hydrogen (secondary N) is 1. The van der Waals surface area contributed by atoms with Crippen LogP contribution < -0.4 is 10.1 Å². The molecule has 170 valence electrons. The fourth-order valence-electron chi connectivity index (χ4n) is 3.89. The van der Waals surface area contributed by atoms with Crippen LogP contribution in [0.3, 0.4) is 0 Å². The minimum Gasteiger partial charge on any atom is -0.492 e. The normalized spacial score (nSPS) is 14.8. The zero-order chi connectivity index (χ0) is 22.5. The molecule has 9 heteroatoms. The zero-order valence-corrected chi connectivity index (χ0v) is 18.9. The van der Waals surface area contributed by atoms with Gasteiger partial charge in [-0.15, -0.1) is 5.10 Å². The van der Waals surface area contributed by atoms with Crippen molar-refractivity contribution in [3.05, 3.63) is 53.1 Å². The monoisotopic (exact) mass is 438 g/mol. The Morgan fingerprint density at radius 3 is 2.88 bits per heavy atom. The second kappa shape index (κ2) is 10.1. The van der Waals surface area contributed by atoms with Crippen LogP contribution in [0.25, 0.3) is 5.78 Å². The molecule has 1 N–H and O–H groups in total. The minimum absolute atomic E-state index is 0.106. The highest BCUT2D eigenvalue weighted by Crippen LogP contribution is 2.15. The molecule has 0 saturated carbocycles. The van der Waals surface area contributed by atoms with E-state index in [1.165, 1.54) is 0 Å². The van der Waals surface area contributed by atoms with Gasteiger partial charge >= 0.3 is 0 Å². The third-order valence-corrected chi connectivity index (χ3v) is 5.70. The number of rotatable bonds is 8. The Hall–Kier alpha value is -3.04. The molecular weight excluding hydrogens is 408 g/mol. The molecule has 0 aliphatic carbocycles. The van der Waals surface area contributed by atoms with Crippen LogP contribution in [0.2, 0.25) is 0 Å². The molecule has 1 aliphatic rings. The van der Waals surface area contributed by atoms with Gasteiger partial charge in [-0.25, -0.2) is 9.50 Å². The van der Waals surface area contributed by atoms with E-state index >= 15 is 0 Å². The van der Waals surface area contributed by atoms with Gasteiger partial charge in [-0.05, 0) is 57.5 Å². The van der Waals surface area contributed by atoms with E-state index in [1.807, 2.05) is 44.2 Å². The van der Waals surface area contributed by atoms with Crippen LogP contribution >= 0.6 is 0 Å². The van der Waals surface area contributed by atoms with Crippen molar-refractivity contribution in [2.24, 2.45) is 0 Å². The highest BCUT2D eigenvalue weighted by Gasteiger charge is 2.18. The predicted octanol–water partition coefficient (Wildman–Crippen LogP) is 2.16. The van der Waals surface area contributed by atoms with Gasteiger partial charge in [0.1, 0.15) is 12.4 Å². The lowest BCUT2D eigenvalue weighted by Gasteiger charge is -2.31. The fraction of sp³-hybridized carbons (Fsp3) is 0.478. The van der Waals surface area contributed by atoms with E-state index < -0.39 is 0 Å². The maximum Gasteiger partial charge on any atom is 0.291 e. The summed E-state index contributed by atoms with van der Waals surface area (Å²) in [5.41, 5.74) is 2.67. The topological polar surface area (TPSA) is 93.9 Å². The van der Waals surface area contributed by atoms with E-state index in [1.54, 1.807) is 4.52 Å². The van der Waals surface area contributed by atoms with Crippen LogP contribution in [0.15, 0.2) is 30.3 Å². The van der Waals surface area contributed by atoms with Crippen LogP contribution in [0, 0.1) is 13.8 Å². The maximum absolute atomic E-state index is 12.5. The number of hydrogen-bond donors (Lipinski definition) is 1. The molecule has 1 aromatic carbocycles. The lowest BCUT2D eigenvalue weighted by Crippen LogP contribution is -2.38. The maximum atomic E-state index is 12.5. The molecule has 0 bridgehead atoms. The molecule has 1 aliphatic heterocycles. The average Bonchev–Trinajstić information content (AvgIpc) is 3.23. The summed E-state index contributed by atoms with van der Waals surface area (Å²) in [6, 6.07) is 10.2. The highest BCUT2D eigenvalue weighted by molar-refractivity contribution is 5.90. The molecule has 0 radical (unpaired) electrons. The number of aromatic nitrogens is 4. The lowest BCUT2D eigenvalue weighted by molar-refractivity contribution is 0.0392. The first-order chi connectivity index (χ1) is 15.5. The number of fused-ring (bicyclic) bond motifs is 1. The Labute approximate surface area is 187 Å². The lowest BCUT2D eigenvalue weighted by atomic mass is 10.1. The van der Waals surface area contributed by atoms with Crippen molar-refractivity contribution in [3.8, 4) is 5.75 Å². The number of nitrogens with zero attached hydrogens (tertiary/aromatic N) is 5. The van der Waals surface area contributed by atoms with Gasteiger partial charge in [0.05, 0.1) is 0 Å². The van der Waals surface area contributed by atoms with Gasteiger partial charge in [0.2, 0.25) is 5.82 Å². The van der Waals surface area contributed by atoms with E-state index in [4.69, 9.17) is 9.47 Å². The Kier molecular flexibility index (Phi) is 6.96. The summed E-state index contributed by atoms with van der Waals surface area (Å²) in [5.74, 6) is 0.985. The van der Waals surface area contributed by atoms with E-state index in [2.05, 4.69) is 32.3 Å². The van der Waals surface area contributed by atoms with E-state index in [0.717, 1.165) is 55.3 Å². The molecule has 0 atom stereocenters. The van der Waals surface area contributed by atoms with Crippen LogP contribution in [0.1, 0.15) is 40.4 Å². The van der Waals surface area contributed by atoms with Crippen LogP contribution in [0.4, 0.5) is 0 Å². The first kappa shape index (κ1) is 22.2. The first-order valence-electron chi connectivity index (χ1n) is 11.0. The molecule has 4 rings (SSSR count). The van der Waals surface area contributed by atoms with Gasteiger partial charge < -0.3 is 14.8 Å². The average molecular weight is 439 g/mol. The van der Waals surface area contributed by atoms with E-state index in [0.29, 0.717) is 25.0 Å². The molecule has 32 heavy (non-hydrogen) atoms. The molecule has 0 unspecified atom stereocenters. The Bertz CT molecular complexity index is 1080. The summed E-state index contributed by atoms with van der Waals surface area (Å²) >= 11 is 0. The van der Waals surface area contributed by atoms with Crippen LogP contribution in [-0.4, -0.2) is 69.8 Å². The summed E-state index contributed by atoms with van der Waals surface area (Å²) in [7, 11) is 2.14. The van der Waals surface area contributed by atoms with Gasteiger partial charge in [0, 0.05) is 43.7 Å². The number of ether oxygens (including phenoxy) is 2. The van der Waals surface area contributed by atoms with Crippen molar-refractivity contribution in [2.75, 3.05) is 33.4 Å². The van der Waals surface area contributed by atoms with Gasteiger partial charge in [-0.1, -0.05) is 12.1 Å². The van der Waals surface area contributed by atoms with E-state index in [9.17, 15) is 4.79 Å². The predicted molar refractivity (Wildman–Crippen MR) is 120 cm³/mol. The van der Waals surface area contributed by atoms with Crippen molar-refractivity contribution in [1.29, 1.82) is 0 Å². The largest absolute Gasteiger partial charge is 0.492 e. The van der Waals surface area contributed by atoms with Crippen molar-refractivity contribution >= 4 is 11.7 Å². The smallest absolute Gasteiger partial charge is 0.291 e. The number of carbonyl (C=O) groups is 1. The van der Waals surface area contributed by atoms with Gasteiger partial charge in [0.15, 0.2) is 0 Å². The first-order valence-corrected chi connectivity index (χ1v) is 11.0. The van der Waals surface area contributed by atoms with Crippen LogP contribution in [0.5, 0.6) is 5.75 Å². The molecule has 1 saturated heterocycles. The SMILES string of the molecule is Cc1cc(C)n2nc(C(=O)NCc3cccc(OCCN(C)C4CCOCC4)c3)nc2n1. The van der Waals surface area contributed by atoms with Crippen molar-refractivity contribution < 1.29 is 14.3 Å². The number of amides is 1. The van der Waals surface area contributed by atoms with Gasteiger partial charge in [-0.3, -0.25) is 9.69 Å². The second-order valence-corrected chi connectivity index (χ2v) is 8.19. The Morgan fingerprint density at radius 1 is 1.25 bits per heavy atom. The minimum atomic E-state index is -0.336. The number of aryl methyl sites for hydroxylation is 2. The molecule has 3 aromatic rings. The van der Waals surface area contributed by atoms with Gasteiger partial charge in [-0.2, -0.15) is 4.98 Å². The summed E-state index contributed by atoms with van der Waals surface area (Å²) in [4.78, 5) is 23.5. The Balaban J connectivity index is 1.29. The highest BCUT2D eigenvalue weighted by atomic mass is 16.5. The molecule has 3 heterocycles. The van der Waals surface area contributed by atoms with E-state index in [-0.39, 0.29) is 11.7 Å². The summed E-state index contributed by atoms with van der Waals surface area (Å²) in [6.07, 6.45) is 2.14. The molecule has 9 nitrogen and oxygen atoms in total. The van der Waals surface area contributed by atoms with Crippen molar-refractivity contribution in [1.82, 2.24) is 29.8 Å². The summed E-state index contributed by atoms with van der Waals surface area (Å²) < 4.78 is 12.9. The quantitative estimate of drug-likeness (QED) is 0.576. The van der Waals surface area contributed by atoms with Crippen molar-refractivity contribution in [2.45, 2.75) is 39.3 Å². The summed E-state index contributed by atoms with van der Waals surface area (Å²) in [6.45, 7) is 7.30. The third-order valence-electron chi connectivity index (χ3n) is 5.70. The molecule has 2 aromatic heterocycles. The van der Waals surface area contributed by atoms with Crippen molar-refractivity contribution in [3.63, 3.8) is 0 Å². The molecule has 1 amide bonds. The fourth-order valence-corrected chi connectivity index (χ4v) is 3.89. The van der Waals surface area contributed by atoms with Gasteiger partial charge in [0.25, 0.3) is 11.7 Å². The number of likely N-dealkylation sites (N-methyl/N-ethyl adjacent to an activating group) is 1. The molecular formula is C23H30N6O3. The second-order valence-electron chi connectivity index (χ2n) is 8.19. The Morgan fingerprint density at radius 2 is 2.06 bits per heavy atom. The number of carbonyl (C=O) groups excluding carboxylic acids is 1.